The largest absolute Gasteiger partial charge is 0.323 e. The van der Waals surface area contributed by atoms with Gasteiger partial charge in [-0.15, -0.1) is 0 Å². The van der Waals surface area contributed by atoms with E-state index in [9.17, 15) is 8.42 Å². The van der Waals surface area contributed by atoms with Crippen LogP contribution in [0, 0.1) is 0 Å². The summed E-state index contributed by atoms with van der Waals surface area (Å²) in [6, 6.07) is 15.6. The molecule has 0 aliphatic carbocycles. The van der Waals surface area contributed by atoms with Gasteiger partial charge in [-0.1, -0.05) is 30.3 Å². The fraction of sp³-hybridized carbons (Fsp3) is 0.190. The first-order valence-corrected chi connectivity index (χ1v) is 11.1. The van der Waals surface area contributed by atoms with Gasteiger partial charge in [0.15, 0.2) is 11.6 Å². The minimum absolute atomic E-state index is 0.0740. The van der Waals surface area contributed by atoms with Crippen LogP contribution in [0.25, 0.3) is 11.0 Å². The highest BCUT2D eigenvalue weighted by Gasteiger charge is 2.26. The highest BCUT2D eigenvalue weighted by atomic mass is 32.2. The highest BCUT2D eigenvalue weighted by molar-refractivity contribution is 7.92. The molecule has 0 atom stereocenters. The number of para-hydroxylation sites is 3. The minimum atomic E-state index is -3.86. The summed E-state index contributed by atoms with van der Waals surface area (Å²) in [6.45, 7) is 0.728. The lowest BCUT2D eigenvalue weighted by Crippen LogP contribution is -2.27. The van der Waals surface area contributed by atoms with E-state index in [0.717, 1.165) is 25.1 Å². The van der Waals surface area contributed by atoms with Gasteiger partial charge in [0.05, 0.1) is 17.2 Å². The molecule has 1 aliphatic rings. The van der Waals surface area contributed by atoms with E-state index in [1.54, 1.807) is 7.05 Å². The van der Waals surface area contributed by atoms with Crippen LogP contribution in [0.3, 0.4) is 0 Å². The van der Waals surface area contributed by atoms with Crippen molar-refractivity contribution in [2.75, 3.05) is 16.2 Å². The van der Waals surface area contributed by atoms with Crippen molar-refractivity contribution in [1.82, 2.24) is 19.7 Å². The number of nitrogens with one attached hydrogen (secondary N) is 1. The molecule has 30 heavy (non-hydrogen) atoms. The second kappa shape index (κ2) is 7.10. The van der Waals surface area contributed by atoms with E-state index in [4.69, 9.17) is 4.98 Å². The van der Waals surface area contributed by atoms with Crippen molar-refractivity contribution in [2.45, 2.75) is 17.7 Å². The van der Waals surface area contributed by atoms with E-state index in [1.165, 1.54) is 22.6 Å². The summed E-state index contributed by atoms with van der Waals surface area (Å²) in [7, 11) is -2.19. The molecule has 0 radical (unpaired) electrons. The summed E-state index contributed by atoms with van der Waals surface area (Å²) in [5.74, 6) is 0.697. The number of fused-ring (bicyclic) bond motifs is 2. The zero-order valence-electron chi connectivity index (χ0n) is 16.4. The van der Waals surface area contributed by atoms with Gasteiger partial charge in [0.2, 0.25) is 0 Å². The fourth-order valence-electron chi connectivity index (χ4n) is 3.72. The predicted molar refractivity (Wildman–Crippen MR) is 115 cm³/mol. The van der Waals surface area contributed by atoms with Crippen LogP contribution in [0.2, 0.25) is 0 Å². The first kappa shape index (κ1) is 18.6. The fourth-order valence-corrected chi connectivity index (χ4v) is 4.71. The van der Waals surface area contributed by atoms with Gasteiger partial charge in [0, 0.05) is 25.5 Å². The maximum Gasteiger partial charge on any atom is 0.266 e. The summed E-state index contributed by atoms with van der Waals surface area (Å²) in [5, 5.41) is 3.97. The number of aromatic nitrogens is 4. The maximum absolute atomic E-state index is 13.0. The third-order valence-corrected chi connectivity index (χ3v) is 6.43. The van der Waals surface area contributed by atoms with Crippen LogP contribution in [0.1, 0.15) is 12.0 Å². The normalized spacial score (nSPS) is 14.0. The molecule has 8 nitrogen and oxygen atoms in total. The summed E-state index contributed by atoms with van der Waals surface area (Å²) < 4.78 is 30.0. The van der Waals surface area contributed by atoms with E-state index in [1.807, 2.05) is 47.4 Å². The van der Waals surface area contributed by atoms with Gasteiger partial charge < -0.3 is 4.90 Å². The Labute approximate surface area is 174 Å². The average Bonchev–Trinajstić information content (AvgIpc) is 3.20. The van der Waals surface area contributed by atoms with Gasteiger partial charge in [-0.3, -0.25) is 9.40 Å². The summed E-state index contributed by atoms with van der Waals surface area (Å²) in [6.07, 6.45) is 4.68. The second-order valence-electron chi connectivity index (χ2n) is 7.22. The molecule has 1 aliphatic heterocycles. The average molecular weight is 420 g/mol. The van der Waals surface area contributed by atoms with Gasteiger partial charge in [-0.25, -0.2) is 18.4 Å². The van der Waals surface area contributed by atoms with Crippen LogP contribution in [0.15, 0.2) is 65.8 Å². The zero-order valence-corrected chi connectivity index (χ0v) is 17.2. The Morgan fingerprint density at radius 2 is 1.73 bits per heavy atom. The molecule has 152 valence electrons. The van der Waals surface area contributed by atoms with Crippen molar-refractivity contribution < 1.29 is 8.42 Å². The quantitative estimate of drug-likeness (QED) is 0.545. The van der Waals surface area contributed by atoms with Gasteiger partial charge in [0.25, 0.3) is 10.0 Å². The van der Waals surface area contributed by atoms with E-state index in [2.05, 4.69) is 20.9 Å². The molecule has 0 amide bonds. The molecule has 0 saturated heterocycles. The Morgan fingerprint density at radius 1 is 1.00 bits per heavy atom. The van der Waals surface area contributed by atoms with Crippen LogP contribution in [-0.2, 0) is 23.5 Å². The number of anilines is 3. The van der Waals surface area contributed by atoms with Gasteiger partial charge in [-0.2, -0.15) is 5.10 Å². The maximum atomic E-state index is 13.0. The molecule has 0 saturated carbocycles. The van der Waals surface area contributed by atoms with Crippen molar-refractivity contribution in [2.24, 2.45) is 7.05 Å². The Balaban J connectivity index is 1.66. The Hall–Kier alpha value is -3.46. The molecule has 0 fully saturated rings. The van der Waals surface area contributed by atoms with Crippen LogP contribution in [-0.4, -0.2) is 34.7 Å². The van der Waals surface area contributed by atoms with Crippen LogP contribution in [0.4, 0.5) is 17.3 Å². The predicted octanol–water partition coefficient (Wildman–Crippen LogP) is 3.25. The van der Waals surface area contributed by atoms with E-state index < -0.39 is 10.0 Å². The number of rotatable bonds is 4. The highest BCUT2D eigenvalue weighted by Crippen LogP contribution is 2.37. The van der Waals surface area contributed by atoms with Gasteiger partial charge in [0.1, 0.15) is 4.90 Å². The molecular weight excluding hydrogens is 400 g/mol. The Morgan fingerprint density at radius 3 is 2.50 bits per heavy atom. The topological polar surface area (TPSA) is 93.0 Å². The number of aryl methyl sites for hydroxylation is 2. The summed E-state index contributed by atoms with van der Waals surface area (Å²) >= 11 is 0. The lowest BCUT2D eigenvalue weighted by molar-refractivity contribution is 0.601. The standard InChI is InChI=1S/C21H20N6O2S/c1-26-14-16(13-22-26)30(28,29)25-20-21(24-18-10-4-3-9-17(18)23-20)27-12-6-8-15-7-2-5-11-19(15)27/h2-5,7,9-11,13-14H,6,8,12H2,1H3,(H,23,25). The molecule has 1 N–H and O–H groups in total. The van der Waals surface area contributed by atoms with Gasteiger partial charge in [-0.05, 0) is 36.6 Å². The van der Waals surface area contributed by atoms with Crippen molar-refractivity contribution in [3.8, 4) is 0 Å². The molecule has 0 unspecified atom stereocenters. The van der Waals surface area contributed by atoms with E-state index in [-0.39, 0.29) is 10.7 Å². The zero-order chi connectivity index (χ0) is 20.7. The smallest absolute Gasteiger partial charge is 0.266 e. The summed E-state index contributed by atoms with van der Waals surface area (Å²) in [4.78, 5) is 11.5. The van der Waals surface area contributed by atoms with Crippen molar-refractivity contribution in [3.63, 3.8) is 0 Å². The molecule has 3 heterocycles. The molecular formula is C21H20N6O2S. The monoisotopic (exact) mass is 420 g/mol. The van der Waals surface area contributed by atoms with Gasteiger partial charge >= 0.3 is 0 Å². The SMILES string of the molecule is Cn1cc(S(=O)(=O)Nc2nc3ccccc3nc2N2CCCc3ccccc32)cn1. The number of hydrogen-bond donors (Lipinski definition) is 1. The lowest BCUT2D eigenvalue weighted by atomic mass is 10.0. The Kier molecular flexibility index (Phi) is 4.39. The molecule has 0 bridgehead atoms. The van der Waals surface area contributed by atoms with E-state index in [0.29, 0.717) is 16.9 Å². The molecule has 5 rings (SSSR count). The molecule has 0 spiro atoms. The number of benzene rings is 2. The number of nitrogens with zero attached hydrogens (tertiary/aromatic N) is 5. The van der Waals surface area contributed by atoms with Crippen LogP contribution >= 0.6 is 0 Å². The lowest BCUT2D eigenvalue weighted by Gasteiger charge is -2.31. The van der Waals surface area contributed by atoms with Crippen molar-refractivity contribution in [1.29, 1.82) is 0 Å². The van der Waals surface area contributed by atoms with Crippen LogP contribution in [0.5, 0.6) is 0 Å². The third-order valence-electron chi connectivity index (χ3n) is 5.14. The second-order valence-corrected chi connectivity index (χ2v) is 8.91. The summed E-state index contributed by atoms with van der Waals surface area (Å²) in [5.41, 5.74) is 3.56. The van der Waals surface area contributed by atoms with Crippen molar-refractivity contribution >= 4 is 38.4 Å². The minimum Gasteiger partial charge on any atom is -0.323 e. The molecule has 9 heteroatoms. The number of sulfonamides is 1. The van der Waals surface area contributed by atoms with Crippen LogP contribution < -0.4 is 9.62 Å². The first-order valence-electron chi connectivity index (χ1n) is 9.65. The third kappa shape index (κ3) is 3.26. The first-order chi connectivity index (χ1) is 14.5. The Bertz CT molecular complexity index is 1350. The molecule has 2 aromatic heterocycles. The molecule has 2 aromatic carbocycles. The number of hydrogen-bond acceptors (Lipinski definition) is 6. The van der Waals surface area contributed by atoms with E-state index >= 15 is 0 Å². The van der Waals surface area contributed by atoms with Crippen molar-refractivity contribution in [3.05, 3.63) is 66.5 Å². The molecule has 4 aromatic rings.